The lowest BCUT2D eigenvalue weighted by molar-refractivity contribution is 0.227. The predicted octanol–water partition coefficient (Wildman–Crippen LogP) is 5.95. The summed E-state index contributed by atoms with van der Waals surface area (Å²) in [7, 11) is 0.0239. The molecule has 11 heteroatoms. The first-order chi connectivity index (χ1) is 17.5. The van der Waals surface area contributed by atoms with Crippen LogP contribution in [0.15, 0.2) is 47.2 Å². The van der Waals surface area contributed by atoms with E-state index in [9.17, 15) is 0 Å². The average molecular weight is 564 g/mol. The van der Waals surface area contributed by atoms with Crippen LogP contribution in [0.5, 0.6) is 5.75 Å². The first-order valence-electron chi connectivity index (χ1n) is 11.6. The van der Waals surface area contributed by atoms with E-state index in [4.69, 9.17) is 39.1 Å². The first kappa shape index (κ1) is 27.3. The average Bonchev–Trinajstić information content (AvgIpc) is 2.82. The number of hydrogen-bond donors (Lipinski definition) is 2. The second kappa shape index (κ2) is 10.9. The van der Waals surface area contributed by atoms with Gasteiger partial charge in [0, 0.05) is 59.5 Å². The molecule has 37 heavy (non-hydrogen) atoms. The van der Waals surface area contributed by atoms with Gasteiger partial charge in [-0.15, -0.1) is 10.7 Å². The molecule has 0 spiro atoms. The van der Waals surface area contributed by atoms with Crippen LogP contribution in [0, 0.1) is 16.6 Å². The molecule has 2 aromatic heterocycles. The minimum atomic E-state index is -0.483. The van der Waals surface area contributed by atoms with Gasteiger partial charge in [0.15, 0.2) is 11.6 Å². The largest absolute Gasteiger partial charge is 0.486 e. The number of nitrogens with two attached hydrogens (primary N) is 1. The lowest BCUT2D eigenvalue weighted by Crippen LogP contribution is -2.57. The highest BCUT2D eigenvalue weighted by atomic mass is 35.5. The van der Waals surface area contributed by atoms with Gasteiger partial charge in [-0.3, -0.25) is 14.8 Å². The Hall–Kier alpha value is -2.75. The lowest BCUT2D eigenvalue weighted by atomic mass is 9.82. The van der Waals surface area contributed by atoms with Gasteiger partial charge in [0.1, 0.15) is 11.9 Å². The van der Waals surface area contributed by atoms with Crippen LogP contribution in [0.25, 0.3) is 0 Å². The first-order valence-corrected chi connectivity index (χ1v) is 14.3. The molecule has 1 aliphatic rings. The van der Waals surface area contributed by atoms with Gasteiger partial charge in [0.05, 0.1) is 22.3 Å². The number of nitrogen functional groups attached to an aromatic ring is 1. The van der Waals surface area contributed by atoms with Gasteiger partial charge >= 0.3 is 0 Å². The SMILES string of the molecule is C[C@@H](Oc1ccc(N)c(C(=N)c2cnc(N3CC(C)(CN=S(C)C)C3)c(F)c2)c1)c1c(Cl)cncc1Cl. The van der Waals surface area contributed by atoms with E-state index in [0.717, 1.165) is 6.54 Å². The fourth-order valence-electron chi connectivity index (χ4n) is 4.26. The highest BCUT2D eigenvalue weighted by molar-refractivity contribution is 7.85. The molecule has 7 nitrogen and oxygen atoms in total. The third-order valence-electron chi connectivity index (χ3n) is 6.16. The van der Waals surface area contributed by atoms with Crippen molar-refractivity contribution in [3.63, 3.8) is 0 Å². The fraction of sp³-hybridized carbons (Fsp3) is 0.346. The molecule has 3 heterocycles. The number of pyridine rings is 2. The summed E-state index contributed by atoms with van der Waals surface area (Å²) in [5, 5.41) is 9.48. The molecule has 1 fully saturated rings. The maximum Gasteiger partial charge on any atom is 0.166 e. The van der Waals surface area contributed by atoms with Crippen molar-refractivity contribution in [3.8, 4) is 5.75 Å². The molecule has 3 N–H and O–H groups in total. The van der Waals surface area contributed by atoms with E-state index in [1.807, 2.05) is 11.8 Å². The number of benzene rings is 1. The van der Waals surface area contributed by atoms with Crippen molar-refractivity contribution in [1.29, 1.82) is 5.41 Å². The summed E-state index contributed by atoms with van der Waals surface area (Å²) < 4.78 is 25.7. The van der Waals surface area contributed by atoms with Gasteiger partial charge in [-0.05, 0) is 43.7 Å². The second-order valence-corrected chi connectivity index (χ2v) is 12.3. The number of ether oxygens (including phenoxy) is 1. The number of anilines is 2. The van der Waals surface area contributed by atoms with Gasteiger partial charge in [-0.2, -0.15) is 0 Å². The maximum atomic E-state index is 15.1. The third kappa shape index (κ3) is 6.05. The summed E-state index contributed by atoms with van der Waals surface area (Å²) >= 11 is 12.5. The minimum Gasteiger partial charge on any atom is -0.486 e. The number of halogens is 3. The zero-order valence-electron chi connectivity index (χ0n) is 21.1. The number of nitrogens with zero attached hydrogens (tertiary/aromatic N) is 4. The van der Waals surface area contributed by atoms with Crippen molar-refractivity contribution in [1.82, 2.24) is 9.97 Å². The maximum absolute atomic E-state index is 15.1. The monoisotopic (exact) mass is 562 g/mol. The van der Waals surface area contributed by atoms with Crippen molar-refractivity contribution < 1.29 is 9.13 Å². The summed E-state index contributed by atoms with van der Waals surface area (Å²) in [6, 6.07) is 6.30. The van der Waals surface area contributed by atoms with Crippen molar-refractivity contribution >= 4 is 51.1 Å². The molecule has 0 amide bonds. The molecule has 0 radical (unpaired) electrons. The molecule has 4 rings (SSSR count). The van der Waals surface area contributed by atoms with E-state index in [2.05, 4.69) is 33.8 Å². The van der Waals surface area contributed by atoms with E-state index < -0.39 is 11.9 Å². The van der Waals surface area contributed by atoms with Gasteiger partial charge in [-0.25, -0.2) is 9.37 Å². The van der Waals surface area contributed by atoms with Crippen LogP contribution in [-0.4, -0.2) is 47.8 Å². The molecular formula is C26H29Cl2FN6OS. The summed E-state index contributed by atoms with van der Waals surface area (Å²) in [4.78, 5) is 10.2. The molecule has 1 saturated heterocycles. The Morgan fingerprint density at radius 3 is 2.54 bits per heavy atom. The number of rotatable bonds is 8. The Balaban J connectivity index is 1.50. The molecule has 0 bridgehead atoms. The number of aromatic nitrogens is 2. The fourth-order valence-corrected chi connectivity index (χ4v) is 5.51. The smallest absolute Gasteiger partial charge is 0.166 e. The van der Waals surface area contributed by atoms with E-state index >= 15 is 4.39 Å². The molecule has 196 valence electrons. The lowest BCUT2D eigenvalue weighted by Gasteiger charge is -2.48. The van der Waals surface area contributed by atoms with Crippen LogP contribution >= 0.6 is 23.2 Å². The Morgan fingerprint density at radius 2 is 1.92 bits per heavy atom. The Kier molecular flexibility index (Phi) is 8.06. The van der Waals surface area contributed by atoms with Gasteiger partial charge in [0.25, 0.3) is 0 Å². The number of nitrogens with one attached hydrogen (secondary N) is 1. The molecular weight excluding hydrogens is 534 g/mol. The third-order valence-corrected chi connectivity index (χ3v) is 7.41. The Bertz CT molecular complexity index is 1350. The Labute approximate surface area is 228 Å². The summed E-state index contributed by atoms with van der Waals surface area (Å²) in [5.74, 6) is 0.266. The molecule has 0 saturated carbocycles. The molecule has 1 atom stereocenters. The van der Waals surface area contributed by atoms with Crippen molar-refractivity contribution in [2.24, 2.45) is 9.78 Å². The number of hydrogen-bond acceptors (Lipinski definition) is 7. The quantitative estimate of drug-likeness (QED) is 0.261. The molecule has 1 aromatic carbocycles. The minimum absolute atomic E-state index is 0.0213. The van der Waals surface area contributed by atoms with Crippen LogP contribution in [0.2, 0.25) is 10.0 Å². The van der Waals surface area contributed by atoms with E-state index in [-0.39, 0.29) is 27.6 Å². The normalized spacial score (nSPS) is 15.3. The molecule has 3 aromatic rings. The van der Waals surface area contributed by atoms with Gasteiger partial charge < -0.3 is 15.4 Å². The highest BCUT2D eigenvalue weighted by Gasteiger charge is 2.40. The van der Waals surface area contributed by atoms with Crippen LogP contribution in [-0.2, 0) is 10.7 Å². The summed E-state index contributed by atoms with van der Waals surface area (Å²) in [6.07, 6.45) is 8.18. The van der Waals surface area contributed by atoms with Crippen molar-refractivity contribution in [3.05, 3.63) is 75.4 Å². The molecule has 0 aliphatic carbocycles. The van der Waals surface area contributed by atoms with E-state index in [0.29, 0.717) is 51.3 Å². The summed E-state index contributed by atoms with van der Waals surface area (Å²) in [6.45, 7) is 6.08. The molecule has 0 unspecified atom stereocenters. The van der Waals surface area contributed by atoms with E-state index in [1.54, 1.807) is 18.2 Å². The van der Waals surface area contributed by atoms with Crippen LogP contribution in [0.4, 0.5) is 15.9 Å². The van der Waals surface area contributed by atoms with Crippen molar-refractivity contribution in [2.45, 2.75) is 20.0 Å². The van der Waals surface area contributed by atoms with Gasteiger partial charge in [0.2, 0.25) is 0 Å². The topological polar surface area (TPSA) is 100 Å². The van der Waals surface area contributed by atoms with Crippen LogP contribution in [0.3, 0.4) is 0 Å². The van der Waals surface area contributed by atoms with Crippen LogP contribution < -0.4 is 15.4 Å². The Morgan fingerprint density at radius 1 is 1.24 bits per heavy atom. The standard InChI is InChI=1S/C26H29Cl2FN6OS/c1-15(23-19(27)10-32-11-20(23)28)36-17-5-6-22(30)18(8-17)24(31)16-7-21(29)25(33-9-16)35-13-26(2,14-35)12-34-37(3)4/h5-11,15,31H,12-14,30H2,1-4H3/t15-/m1/s1. The predicted molar refractivity (Wildman–Crippen MR) is 151 cm³/mol. The van der Waals surface area contributed by atoms with Crippen molar-refractivity contribution in [2.75, 3.05) is 42.8 Å². The zero-order chi connectivity index (χ0) is 26.9. The second-order valence-electron chi connectivity index (χ2n) is 9.66. The van der Waals surface area contributed by atoms with Gasteiger partial charge in [-0.1, -0.05) is 30.1 Å². The summed E-state index contributed by atoms with van der Waals surface area (Å²) in [5.41, 5.74) is 7.92. The molecule has 1 aliphatic heterocycles. The van der Waals surface area contributed by atoms with E-state index in [1.165, 1.54) is 24.7 Å². The zero-order valence-corrected chi connectivity index (χ0v) is 23.4. The highest BCUT2D eigenvalue weighted by Crippen LogP contribution is 2.36. The van der Waals surface area contributed by atoms with Crippen LogP contribution in [0.1, 0.15) is 36.6 Å².